The Morgan fingerprint density at radius 3 is 2.58 bits per heavy atom. The molecule has 142 valence electrons. The van der Waals surface area contributed by atoms with Crippen LogP contribution in [-0.2, 0) is 4.79 Å². The number of nitrogens with zero attached hydrogens (tertiary/aromatic N) is 1. The maximum Gasteiger partial charge on any atom is 0.309 e. The molecular formula is C23H33NO2. The largest absolute Gasteiger partial charge is 0.481 e. The first-order chi connectivity index (χ1) is 12.2. The summed E-state index contributed by atoms with van der Waals surface area (Å²) in [5.74, 6) is 1.30. The van der Waals surface area contributed by atoms with Crippen LogP contribution in [0.15, 0.2) is 11.6 Å². The lowest BCUT2D eigenvalue weighted by Gasteiger charge is -2.67. The molecule has 3 nitrogen and oxygen atoms in total. The van der Waals surface area contributed by atoms with E-state index < -0.39 is 11.4 Å². The first kappa shape index (κ1) is 18.1. The van der Waals surface area contributed by atoms with Crippen molar-refractivity contribution < 1.29 is 9.90 Å². The SMILES string of the molecule is CC(C)C1=C[C@]23CC[C@@H]4[C@](C)(CCC[C@@]4(C)C(=O)O)[C@@H]2C[C@@H]1C[C@@H]3C#N. The molecule has 0 saturated heterocycles. The van der Waals surface area contributed by atoms with Crippen LogP contribution in [0.5, 0.6) is 0 Å². The highest BCUT2D eigenvalue weighted by atomic mass is 16.4. The number of carboxylic acids is 1. The van der Waals surface area contributed by atoms with Crippen LogP contribution in [0.2, 0.25) is 0 Å². The fourth-order valence-corrected chi connectivity index (χ4v) is 7.99. The summed E-state index contributed by atoms with van der Waals surface area (Å²) in [5.41, 5.74) is 1.02. The fourth-order valence-electron chi connectivity index (χ4n) is 7.99. The molecule has 3 heteroatoms. The van der Waals surface area contributed by atoms with Gasteiger partial charge in [0.1, 0.15) is 0 Å². The van der Waals surface area contributed by atoms with Crippen LogP contribution >= 0.6 is 0 Å². The average Bonchev–Trinajstić information content (AvgIpc) is 2.60. The van der Waals surface area contributed by atoms with Crippen LogP contribution in [0, 0.1) is 57.2 Å². The van der Waals surface area contributed by atoms with Crippen molar-refractivity contribution in [2.75, 3.05) is 0 Å². The molecule has 1 N–H and O–H groups in total. The summed E-state index contributed by atoms with van der Waals surface area (Å²) >= 11 is 0. The summed E-state index contributed by atoms with van der Waals surface area (Å²) < 4.78 is 0. The van der Waals surface area contributed by atoms with Crippen LogP contribution in [0.4, 0.5) is 0 Å². The second-order valence-corrected chi connectivity index (χ2v) is 10.5. The van der Waals surface area contributed by atoms with E-state index in [4.69, 9.17) is 0 Å². The smallest absolute Gasteiger partial charge is 0.309 e. The Kier molecular flexibility index (Phi) is 3.89. The van der Waals surface area contributed by atoms with Crippen LogP contribution in [0.25, 0.3) is 0 Å². The van der Waals surface area contributed by atoms with Crippen LogP contribution in [-0.4, -0.2) is 11.1 Å². The van der Waals surface area contributed by atoms with Crippen LogP contribution in [0.3, 0.4) is 0 Å². The molecule has 5 aliphatic carbocycles. The molecule has 7 atom stereocenters. The number of nitriles is 1. The molecule has 0 aromatic heterocycles. The first-order valence-corrected chi connectivity index (χ1v) is 10.5. The highest BCUT2D eigenvalue weighted by molar-refractivity contribution is 5.75. The molecule has 0 aliphatic heterocycles. The fraction of sp³-hybridized carbons (Fsp3) is 0.826. The van der Waals surface area contributed by atoms with E-state index in [2.05, 4.69) is 32.9 Å². The van der Waals surface area contributed by atoms with Gasteiger partial charge in [0.25, 0.3) is 0 Å². The van der Waals surface area contributed by atoms with Gasteiger partial charge in [0.2, 0.25) is 0 Å². The lowest BCUT2D eigenvalue weighted by molar-refractivity contribution is -0.185. The van der Waals surface area contributed by atoms with Gasteiger partial charge >= 0.3 is 5.97 Å². The molecule has 0 unspecified atom stereocenters. The number of rotatable bonds is 2. The second-order valence-electron chi connectivity index (χ2n) is 10.5. The van der Waals surface area contributed by atoms with E-state index >= 15 is 0 Å². The van der Waals surface area contributed by atoms with Crippen molar-refractivity contribution in [3.8, 4) is 6.07 Å². The second kappa shape index (κ2) is 5.60. The molecule has 1 spiro atoms. The van der Waals surface area contributed by atoms with Gasteiger partial charge in [-0.3, -0.25) is 4.79 Å². The molecule has 0 aromatic rings. The normalized spacial score (nSPS) is 49.8. The van der Waals surface area contributed by atoms with Gasteiger partial charge < -0.3 is 5.11 Å². The maximum absolute atomic E-state index is 12.2. The number of hydrogen-bond donors (Lipinski definition) is 1. The molecule has 0 aromatic carbocycles. The van der Waals surface area contributed by atoms with Crippen molar-refractivity contribution in [2.45, 2.75) is 72.6 Å². The zero-order chi connectivity index (χ0) is 18.9. The molecule has 5 aliphatic rings. The number of allylic oxidation sites excluding steroid dienone is 2. The maximum atomic E-state index is 12.2. The molecule has 3 fully saturated rings. The van der Waals surface area contributed by atoms with Gasteiger partial charge in [0, 0.05) is 5.41 Å². The summed E-state index contributed by atoms with van der Waals surface area (Å²) in [6, 6.07) is 2.68. The molecule has 0 radical (unpaired) electrons. The van der Waals surface area contributed by atoms with E-state index in [0.29, 0.717) is 17.8 Å². The molecular weight excluding hydrogens is 322 g/mol. The molecule has 0 heterocycles. The Balaban J connectivity index is 1.82. The topological polar surface area (TPSA) is 61.1 Å². The average molecular weight is 356 g/mol. The van der Waals surface area contributed by atoms with Gasteiger partial charge in [-0.15, -0.1) is 0 Å². The van der Waals surface area contributed by atoms with Gasteiger partial charge in [-0.05, 0) is 74.5 Å². The van der Waals surface area contributed by atoms with Crippen LogP contribution < -0.4 is 0 Å². The van der Waals surface area contributed by atoms with E-state index in [1.165, 1.54) is 6.42 Å². The summed E-state index contributed by atoms with van der Waals surface area (Å²) in [6.45, 7) is 8.94. The van der Waals surface area contributed by atoms with Crippen molar-refractivity contribution in [3.63, 3.8) is 0 Å². The third-order valence-electron chi connectivity index (χ3n) is 9.19. The van der Waals surface area contributed by atoms with E-state index in [1.54, 1.807) is 5.57 Å². The van der Waals surface area contributed by atoms with Gasteiger partial charge in [-0.25, -0.2) is 0 Å². The highest BCUT2D eigenvalue weighted by Crippen LogP contribution is 2.72. The summed E-state index contributed by atoms with van der Waals surface area (Å²) in [7, 11) is 0. The number of hydrogen-bond acceptors (Lipinski definition) is 2. The Morgan fingerprint density at radius 1 is 1.23 bits per heavy atom. The van der Waals surface area contributed by atoms with Crippen LogP contribution in [0.1, 0.15) is 72.6 Å². The van der Waals surface area contributed by atoms with Gasteiger partial charge in [0.05, 0.1) is 17.4 Å². The predicted molar refractivity (Wildman–Crippen MR) is 101 cm³/mol. The lowest BCUT2D eigenvalue weighted by Crippen LogP contribution is -2.62. The Labute approximate surface area is 157 Å². The number of fused-ring (bicyclic) bond motifs is 2. The zero-order valence-electron chi connectivity index (χ0n) is 16.7. The molecule has 0 amide bonds. The predicted octanol–water partition coefficient (Wildman–Crippen LogP) is 5.43. The highest BCUT2D eigenvalue weighted by Gasteiger charge is 2.66. The first-order valence-electron chi connectivity index (χ1n) is 10.5. The van der Waals surface area contributed by atoms with E-state index in [9.17, 15) is 15.2 Å². The van der Waals surface area contributed by atoms with Crippen molar-refractivity contribution in [1.29, 1.82) is 5.26 Å². The van der Waals surface area contributed by atoms with Crippen molar-refractivity contribution in [1.82, 2.24) is 0 Å². The lowest BCUT2D eigenvalue weighted by atomic mass is 9.36. The number of carbonyl (C=O) groups is 1. The van der Waals surface area contributed by atoms with E-state index in [1.807, 2.05) is 6.92 Å². The van der Waals surface area contributed by atoms with Crippen molar-refractivity contribution in [3.05, 3.63) is 11.6 Å². The van der Waals surface area contributed by atoms with E-state index in [-0.39, 0.29) is 22.7 Å². The van der Waals surface area contributed by atoms with Crippen molar-refractivity contribution >= 4 is 5.97 Å². The Morgan fingerprint density at radius 2 is 1.96 bits per heavy atom. The summed E-state index contributed by atoms with van der Waals surface area (Å²) in [6.07, 6.45) is 9.62. The summed E-state index contributed by atoms with van der Waals surface area (Å²) in [5, 5.41) is 20.0. The van der Waals surface area contributed by atoms with Gasteiger partial charge in [0.15, 0.2) is 0 Å². The van der Waals surface area contributed by atoms with Crippen molar-refractivity contribution in [2.24, 2.45) is 45.8 Å². The third-order valence-corrected chi connectivity index (χ3v) is 9.19. The van der Waals surface area contributed by atoms with Gasteiger partial charge in [-0.1, -0.05) is 38.8 Å². The minimum absolute atomic E-state index is 0.00882. The molecule has 5 rings (SSSR count). The number of carboxylic acid groups (broad SMARTS) is 1. The monoisotopic (exact) mass is 355 g/mol. The number of aliphatic carboxylic acids is 1. The minimum atomic E-state index is -0.611. The Hall–Kier alpha value is -1.30. The van der Waals surface area contributed by atoms with E-state index in [0.717, 1.165) is 38.5 Å². The van der Waals surface area contributed by atoms with Gasteiger partial charge in [-0.2, -0.15) is 5.26 Å². The third kappa shape index (κ3) is 2.08. The minimum Gasteiger partial charge on any atom is -0.481 e. The Bertz CT molecular complexity index is 703. The molecule has 3 saturated carbocycles. The standard InChI is InChI=1S/C23H33NO2/c1-14(2)17-12-23-9-6-18-21(3,7-5-8-22(18,4)20(25)26)19(23)11-15(17)10-16(23)13-24/h12,14-16,18-19H,5-11H2,1-4H3,(H,25,26)/t15-,16+,18+,19-,21-,22+,23-/m0/s1. The zero-order valence-corrected chi connectivity index (χ0v) is 16.7. The summed E-state index contributed by atoms with van der Waals surface area (Å²) in [4.78, 5) is 12.2. The molecule has 2 bridgehead atoms. The quantitative estimate of drug-likeness (QED) is 0.672. The molecule has 26 heavy (non-hydrogen) atoms.